The molecule has 11 aromatic rings. The first-order chi connectivity index (χ1) is 29.2. The lowest BCUT2D eigenvalue weighted by Gasteiger charge is -2.26. The number of aromatic nitrogens is 1. The van der Waals surface area contributed by atoms with Crippen LogP contribution in [-0.2, 0) is 0 Å². The fraction of sp³-hybridized carbons (Fsp3) is 0.0175. The van der Waals surface area contributed by atoms with Gasteiger partial charge in [0.15, 0.2) is 0 Å². The first kappa shape index (κ1) is 34.6. The first-order valence-corrected chi connectivity index (χ1v) is 20.3. The third-order valence-electron chi connectivity index (χ3n) is 11.8. The topological polar surface area (TPSA) is 8.17 Å². The van der Waals surface area contributed by atoms with Crippen molar-refractivity contribution in [3.63, 3.8) is 0 Å². The zero-order chi connectivity index (χ0) is 39.3. The maximum absolute atomic E-state index is 2.39. The van der Waals surface area contributed by atoms with Crippen LogP contribution in [0.4, 0.5) is 17.1 Å². The van der Waals surface area contributed by atoms with Gasteiger partial charge >= 0.3 is 0 Å². The summed E-state index contributed by atoms with van der Waals surface area (Å²) in [6.07, 6.45) is 0. The highest BCUT2D eigenvalue weighted by atomic mass is 15.1. The number of fused-ring (bicyclic) bond motifs is 5. The summed E-state index contributed by atoms with van der Waals surface area (Å²) in [4.78, 5) is 2.35. The standard InChI is InChI=1S/C57H40N2/c1-39-15-14-20-47(37-39)59-54-26-13-12-21-48(54)53-38-43(31-36-55(53)59)40-27-32-45(33-28-40)58(44-18-6-3-7-19-44)46-34-29-42(30-35-46)57-51-24-10-8-22-49(51)56(41-16-4-2-5-17-41)50-23-9-11-25-52(50)57/h2-38H,1H3. The number of anilines is 3. The number of benzene rings is 10. The van der Waals surface area contributed by atoms with E-state index in [0.717, 1.165) is 17.1 Å². The molecule has 0 N–H and O–H groups in total. The summed E-state index contributed by atoms with van der Waals surface area (Å²) in [6.45, 7) is 2.16. The third kappa shape index (κ3) is 5.97. The average molecular weight is 753 g/mol. The van der Waals surface area contributed by atoms with Crippen molar-refractivity contribution in [2.75, 3.05) is 4.90 Å². The predicted molar refractivity (Wildman–Crippen MR) is 252 cm³/mol. The highest BCUT2D eigenvalue weighted by Crippen LogP contribution is 2.45. The predicted octanol–water partition coefficient (Wildman–Crippen LogP) is 15.9. The molecule has 10 aromatic carbocycles. The molecule has 1 aromatic heterocycles. The highest BCUT2D eigenvalue weighted by molar-refractivity contribution is 6.21. The number of hydrogen-bond donors (Lipinski definition) is 0. The third-order valence-corrected chi connectivity index (χ3v) is 11.8. The van der Waals surface area contributed by atoms with Gasteiger partial charge in [-0.25, -0.2) is 0 Å². The fourth-order valence-corrected chi connectivity index (χ4v) is 9.16. The van der Waals surface area contributed by atoms with Gasteiger partial charge in [-0.05, 0) is 134 Å². The van der Waals surface area contributed by atoms with Crippen LogP contribution in [0.3, 0.4) is 0 Å². The van der Waals surface area contributed by atoms with E-state index in [4.69, 9.17) is 0 Å². The molecule has 2 nitrogen and oxygen atoms in total. The zero-order valence-corrected chi connectivity index (χ0v) is 32.8. The van der Waals surface area contributed by atoms with Crippen molar-refractivity contribution >= 4 is 60.4 Å². The molecule has 0 spiro atoms. The molecule has 278 valence electrons. The second-order valence-electron chi connectivity index (χ2n) is 15.4. The molecule has 0 unspecified atom stereocenters. The summed E-state index contributed by atoms with van der Waals surface area (Å²) >= 11 is 0. The smallest absolute Gasteiger partial charge is 0.0541 e. The first-order valence-electron chi connectivity index (χ1n) is 20.3. The summed E-state index contributed by atoms with van der Waals surface area (Å²) < 4.78 is 2.39. The molecule has 0 atom stereocenters. The van der Waals surface area contributed by atoms with E-state index < -0.39 is 0 Å². The van der Waals surface area contributed by atoms with E-state index in [9.17, 15) is 0 Å². The Bertz CT molecular complexity index is 3250. The Morgan fingerprint density at radius 3 is 1.36 bits per heavy atom. The van der Waals surface area contributed by atoms with Gasteiger partial charge in [-0.15, -0.1) is 0 Å². The average Bonchev–Trinajstić information content (AvgIpc) is 3.63. The molecule has 0 saturated carbocycles. The van der Waals surface area contributed by atoms with Gasteiger partial charge in [0.05, 0.1) is 11.0 Å². The molecule has 0 radical (unpaired) electrons. The largest absolute Gasteiger partial charge is 0.311 e. The van der Waals surface area contributed by atoms with Crippen LogP contribution in [0.25, 0.3) is 82.4 Å². The maximum atomic E-state index is 2.39. The molecule has 0 bridgehead atoms. The van der Waals surface area contributed by atoms with Crippen molar-refractivity contribution in [2.24, 2.45) is 0 Å². The van der Waals surface area contributed by atoms with Crippen molar-refractivity contribution in [1.82, 2.24) is 4.57 Å². The Labute approximate surface area is 344 Å². The maximum Gasteiger partial charge on any atom is 0.0541 e. The van der Waals surface area contributed by atoms with Crippen molar-refractivity contribution < 1.29 is 0 Å². The van der Waals surface area contributed by atoms with E-state index in [1.54, 1.807) is 0 Å². The van der Waals surface area contributed by atoms with E-state index in [0.29, 0.717) is 0 Å². The second-order valence-corrected chi connectivity index (χ2v) is 15.4. The summed E-state index contributed by atoms with van der Waals surface area (Å²) in [7, 11) is 0. The second kappa shape index (κ2) is 14.4. The number of nitrogens with zero attached hydrogens (tertiary/aromatic N) is 2. The summed E-state index contributed by atoms with van der Waals surface area (Å²) in [5.74, 6) is 0. The van der Waals surface area contributed by atoms with Crippen molar-refractivity contribution in [2.45, 2.75) is 6.92 Å². The minimum atomic E-state index is 1.10. The van der Waals surface area contributed by atoms with E-state index in [1.165, 1.54) is 88.0 Å². The van der Waals surface area contributed by atoms with Crippen LogP contribution < -0.4 is 4.90 Å². The Kier molecular flexibility index (Phi) is 8.41. The van der Waals surface area contributed by atoms with E-state index in [1.807, 2.05) is 0 Å². The molecular weight excluding hydrogens is 713 g/mol. The van der Waals surface area contributed by atoms with Crippen LogP contribution in [0.1, 0.15) is 5.56 Å². The molecule has 0 saturated heterocycles. The SMILES string of the molecule is Cc1cccc(-n2c3ccccc3c3cc(-c4ccc(N(c5ccccc5)c5ccc(-c6c7ccccc7c(-c7ccccc7)c7ccccc67)cc5)cc4)ccc32)c1. The van der Waals surface area contributed by atoms with Gasteiger partial charge in [0.1, 0.15) is 0 Å². The molecule has 0 fully saturated rings. The minimum absolute atomic E-state index is 1.10. The Balaban J connectivity index is 0.986. The van der Waals surface area contributed by atoms with Gasteiger partial charge in [0.2, 0.25) is 0 Å². The lowest BCUT2D eigenvalue weighted by Crippen LogP contribution is -2.09. The van der Waals surface area contributed by atoms with Crippen LogP contribution in [0.2, 0.25) is 0 Å². The van der Waals surface area contributed by atoms with E-state index in [-0.39, 0.29) is 0 Å². The van der Waals surface area contributed by atoms with Gasteiger partial charge in [-0.2, -0.15) is 0 Å². The Morgan fingerprint density at radius 2 is 0.763 bits per heavy atom. The van der Waals surface area contributed by atoms with Crippen LogP contribution in [0.5, 0.6) is 0 Å². The lowest BCUT2D eigenvalue weighted by molar-refractivity contribution is 1.17. The number of aryl methyl sites for hydroxylation is 1. The molecule has 11 rings (SSSR count). The fourth-order valence-electron chi connectivity index (χ4n) is 9.16. The quantitative estimate of drug-likeness (QED) is 0.147. The minimum Gasteiger partial charge on any atom is -0.311 e. The van der Waals surface area contributed by atoms with Crippen LogP contribution >= 0.6 is 0 Å². The van der Waals surface area contributed by atoms with E-state index >= 15 is 0 Å². The van der Waals surface area contributed by atoms with Gasteiger partial charge in [0, 0.05) is 33.5 Å². The molecule has 1 heterocycles. The highest BCUT2D eigenvalue weighted by Gasteiger charge is 2.19. The molecule has 0 aliphatic carbocycles. The molecule has 0 amide bonds. The van der Waals surface area contributed by atoms with Crippen LogP contribution in [0.15, 0.2) is 224 Å². The van der Waals surface area contributed by atoms with Crippen LogP contribution in [-0.4, -0.2) is 4.57 Å². The molecular formula is C57H40N2. The van der Waals surface area contributed by atoms with Gasteiger partial charge < -0.3 is 9.47 Å². The summed E-state index contributed by atoms with van der Waals surface area (Å²) in [5.41, 5.74) is 15.5. The number of hydrogen-bond acceptors (Lipinski definition) is 1. The lowest BCUT2D eigenvalue weighted by atomic mass is 9.86. The molecule has 2 heteroatoms. The number of para-hydroxylation sites is 2. The Hall–Kier alpha value is -7.68. The Morgan fingerprint density at radius 1 is 0.305 bits per heavy atom. The van der Waals surface area contributed by atoms with Gasteiger partial charge in [-0.3, -0.25) is 0 Å². The van der Waals surface area contributed by atoms with Gasteiger partial charge in [0.25, 0.3) is 0 Å². The normalized spacial score (nSPS) is 11.5. The molecule has 0 aliphatic rings. The number of rotatable bonds is 7. The van der Waals surface area contributed by atoms with Crippen molar-refractivity contribution in [1.29, 1.82) is 0 Å². The van der Waals surface area contributed by atoms with Crippen molar-refractivity contribution in [3.8, 4) is 39.1 Å². The van der Waals surface area contributed by atoms with Crippen LogP contribution in [0, 0.1) is 6.92 Å². The summed E-state index contributed by atoms with van der Waals surface area (Å²) in [6, 6.07) is 81.7. The van der Waals surface area contributed by atoms with Gasteiger partial charge in [-0.1, -0.05) is 158 Å². The zero-order valence-electron chi connectivity index (χ0n) is 32.8. The molecule has 0 aliphatic heterocycles. The van der Waals surface area contributed by atoms with E-state index in [2.05, 4.69) is 241 Å². The monoisotopic (exact) mass is 752 g/mol. The van der Waals surface area contributed by atoms with Crippen molar-refractivity contribution in [3.05, 3.63) is 230 Å². The molecule has 59 heavy (non-hydrogen) atoms. The summed E-state index contributed by atoms with van der Waals surface area (Å²) in [5, 5.41) is 7.55.